The smallest absolute Gasteiger partial charge is 0.326 e. The molecule has 2 heterocycles. The van der Waals surface area contributed by atoms with Crippen LogP contribution < -0.4 is 0 Å². The summed E-state index contributed by atoms with van der Waals surface area (Å²) < 4.78 is 5.73. The molecule has 0 radical (unpaired) electrons. The first-order valence-corrected chi connectivity index (χ1v) is 24.3. The highest BCUT2D eigenvalue weighted by atomic mass is 16.6. The maximum absolute atomic E-state index is 13.4. The molecule has 380 valence electrons. The van der Waals surface area contributed by atoms with Crippen LogP contribution in [0.5, 0.6) is 0 Å². The van der Waals surface area contributed by atoms with E-state index in [2.05, 4.69) is 41.2 Å². The minimum Gasteiger partial charge on any atom is -0.480 e. The summed E-state index contributed by atoms with van der Waals surface area (Å²) in [4.78, 5) is 41.4. The molecule has 6 rings (SSSR count). The van der Waals surface area contributed by atoms with Gasteiger partial charge in [0.05, 0.1) is 25.9 Å². The quantitative estimate of drug-likeness (QED) is 0.0303. The molecule has 2 aromatic heterocycles. The molecule has 4 aromatic carbocycles. The number of ether oxygens (including phenoxy) is 1. The Morgan fingerprint density at radius 3 is 1.42 bits per heavy atom. The number of aliphatic carboxylic acids is 1. The van der Waals surface area contributed by atoms with Crippen molar-refractivity contribution in [3.8, 4) is 45.0 Å². The number of rotatable bonds is 25. The maximum atomic E-state index is 13.4. The Kier molecular flexibility index (Phi) is 21.0. The number of aromatic amines is 2. The van der Waals surface area contributed by atoms with Gasteiger partial charge in [-0.25, -0.2) is 4.79 Å². The van der Waals surface area contributed by atoms with Crippen molar-refractivity contribution >= 4 is 17.8 Å². The van der Waals surface area contributed by atoms with Crippen molar-refractivity contribution in [2.75, 3.05) is 19.8 Å². The fraction of sp³-hybridized carbons (Fsp3) is 0.453. The average molecular weight is 975 g/mol. The normalized spacial score (nSPS) is 12.8. The van der Waals surface area contributed by atoms with Crippen LogP contribution in [0.2, 0.25) is 0 Å². The summed E-state index contributed by atoms with van der Waals surface area (Å²) in [7, 11) is 0. The number of nitrogens with one attached hydrogen (secondary N) is 2. The minimum atomic E-state index is -1.28. The second-order valence-electron chi connectivity index (χ2n) is 18.8. The maximum Gasteiger partial charge on any atom is 0.326 e. The molecule has 0 aliphatic heterocycles. The molecular formula is C53H70N10O8. The number of hydrogen-bond acceptors (Lipinski definition) is 13. The van der Waals surface area contributed by atoms with Gasteiger partial charge in [-0.05, 0) is 68.5 Å². The monoisotopic (exact) mass is 975 g/mol. The molecule has 0 bridgehead atoms. The summed E-state index contributed by atoms with van der Waals surface area (Å²) in [6.07, 6.45) is 2.69. The van der Waals surface area contributed by atoms with Crippen molar-refractivity contribution in [1.82, 2.24) is 51.0 Å². The van der Waals surface area contributed by atoms with E-state index < -0.39 is 29.8 Å². The van der Waals surface area contributed by atoms with E-state index in [9.17, 15) is 34.8 Å². The molecule has 0 saturated carbocycles. The van der Waals surface area contributed by atoms with Crippen LogP contribution in [0.15, 0.2) is 97.1 Å². The predicted molar refractivity (Wildman–Crippen MR) is 269 cm³/mol. The molecule has 3 atom stereocenters. The molecule has 18 heteroatoms. The predicted octanol–water partition coefficient (Wildman–Crippen LogP) is 7.56. The number of carbonyl (C=O) groups is 3. The van der Waals surface area contributed by atoms with Gasteiger partial charge in [0.25, 0.3) is 0 Å². The molecule has 0 aliphatic carbocycles. The van der Waals surface area contributed by atoms with E-state index in [0.29, 0.717) is 31.0 Å². The van der Waals surface area contributed by atoms with Gasteiger partial charge in [0.15, 0.2) is 6.29 Å². The first-order chi connectivity index (χ1) is 34.1. The van der Waals surface area contributed by atoms with Crippen LogP contribution in [0, 0.1) is 17.3 Å². The van der Waals surface area contributed by atoms with Crippen LogP contribution in [0.1, 0.15) is 98.1 Å². The fourth-order valence-electron chi connectivity index (χ4n) is 8.18. The molecule has 71 heavy (non-hydrogen) atoms. The van der Waals surface area contributed by atoms with Crippen molar-refractivity contribution in [1.29, 1.82) is 0 Å². The van der Waals surface area contributed by atoms with Gasteiger partial charge in [-0.15, -0.1) is 20.4 Å². The number of aliphatic hydroxyl groups excluding tert-OH is 3. The molecule has 2 amide bonds. The van der Waals surface area contributed by atoms with Gasteiger partial charge in [0.2, 0.25) is 23.5 Å². The Morgan fingerprint density at radius 2 is 1.06 bits per heavy atom. The highest BCUT2D eigenvalue weighted by Crippen LogP contribution is 2.32. The van der Waals surface area contributed by atoms with Gasteiger partial charge >= 0.3 is 5.97 Å². The molecule has 0 spiro atoms. The third-order valence-corrected chi connectivity index (χ3v) is 12.3. The summed E-state index contributed by atoms with van der Waals surface area (Å²) in [5.74, 6) is -0.444. The lowest BCUT2D eigenvalue weighted by Crippen LogP contribution is -2.51. The molecule has 1 unspecified atom stereocenters. The first kappa shape index (κ1) is 55.2. The average Bonchev–Trinajstić information content (AvgIpc) is 4.13. The van der Waals surface area contributed by atoms with Crippen LogP contribution in [0.3, 0.4) is 0 Å². The Morgan fingerprint density at radius 1 is 0.634 bits per heavy atom. The second kappa shape index (κ2) is 27.0. The number of unbranched alkanes of at least 4 members (excludes halogenated alkanes) is 2. The van der Waals surface area contributed by atoms with E-state index in [1.807, 2.05) is 139 Å². The van der Waals surface area contributed by atoms with E-state index in [1.165, 1.54) is 4.90 Å². The summed E-state index contributed by atoms with van der Waals surface area (Å²) in [5, 5.41) is 68.7. The van der Waals surface area contributed by atoms with Gasteiger partial charge in [0.1, 0.15) is 6.04 Å². The van der Waals surface area contributed by atoms with Crippen molar-refractivity contribution in [3.05, 3.63) is 108 Å². The van der Waals surface area contributed by atoms with Gasteiger partial charge < -0.3 is 35.0 Å². The summed E-state index contributed by atoms with van der Waals surface area (Å²) >= 11 is 0. The largest absolute Gasteiger partial charge is 0.480 e. The molecular weight excluding hydrogens is 905 g/mol. The summed E-state index contributed by atoms with van der Waals surface area (Å²) in [5.41, 5.74) is 6.47. The first-order valence-electron chi connectivity index (χ1n) is 24.3. The number of carboxylic acid groups (broad SMARTS) is 1. The number of benzene rings is 4. The zero-order valence-electron chi connectivity index (χ0n) is 41.9. The van der Waals surface area contributed by atoms with Gasteiger partial charge in [-0.2, -0.15) is 10.4 Å². The Hall–Kier alpha value is -6.73. The number of hydrogen-bond donors (Lipinski definition) is 6. The van der Waals surface area contributed by atoms with Crippen LogP contribution in [-0.4, -0.2) is 127 Å². The molecule has 6 aromatic rings. The SMILES string of the molecule is CCCCC(=O)N(Cc1ccc(-c2ccccc2-c2nn[nH]n2)cc1)[C@@H](C(=O)O)C(C)C.CCCCC(=O)N(Cc1ccc(-c2ccccc2-c2nn[nH]n2)cc1)[C@H](C(C)C)C(O)OCC(C)(CO)CO. The number of amides is 2. The second-order valence-corrected chi connectivity index (χ2v) is 18.8. The minimum absolute atomic E-state index is 0.0458. The van der Waals surface area contributed by atoms with Crippen molar-refractivity contribution in [2.45, 2.75) is 118 Å². The Labute approximate surface area is 415 Å². The lowest BCUT2D eigenvalue weighted by molar-refractivity contribution is -0.185. The van der Waals surface area contributed by atoms with Crippen LogP contribution in [0.25, 0.3) is 45.0 Å². The number of aliphatic hydroxyl groups is 3. The molecule has 0 saturated heterocycles. The van der Waals surface area contributed by atoms with Crippen molar-refractivity contribution in [2.24, 2.45) is 17.3 Å². The fourth-order valence-corrected chi connectivity index (χ4v) is 8.18. The molecule has 0 aliphatic rings. The molecule has 6 N–H and O–H groups in total. The van der Waals surface area contributed by atoms with E-state index in [0.717, 1.165) is 70.2 Å². The number of nitrogens with zero attached hydrogens (tertiary/aromatic N) is 8. The summed E-state index contributed by atoms with van der Waals surface area (Å²) in [6, 6.07) is 29.8. The third-order valence-electron chi connectivity index (χ3n) is 12.3. The number of tetrazole rings is 2. The van der Waals surface area contributed by atoms with Gasteiger partial charge in [-0.1, -0.05) is 158 Å². The Bertz CT molecular complexity index is 2530. The van der Waals surface area contributed by atoms with Gasteiger partial charge in [0, 0.05) is 42.5 Å². The van der Waals surface area contributed by atoms with E-state index in [4.69, 9.17) is 4.74 Å². The van der Waals surface area contributed by atoms with E-state index in [1.54, 1.807) is 11.8 Å². The van der Waals surface area contributed by atoms with Crippen molar-refractivity contribution < 1.29 is 39.5 Å². The number of carbonyl (C=O) groups excluding carboxylic acids is 2. The third kappa shape index (κ3) is 15.1. The van der Waals surface area contributed by atoms with Crippen LogP contribution in [-0.2, 0) is 32.2 Å². The van der Waals surface area contributed by atoms with Crippen molar-refractivity contribution in [3.63, 3.8) is 0 Å². The topological polar surface area (TPSA) is 257 Å². The van der Waals surface area contributed by atoms with E-state index in [-0.39, 0.29) is 50.0 Å². The highest BCUT2D eigenvalue weighted by Gasteiger charge is 2.35. The highest BCUT2D eigenvalue weighted by molar-refractivity contribution is 5.84. The zero-order valence-corrected chi connectivity index (χ0v) is 41.9. The summed E-state index contributed by atoms with van der Waals surface area (Å²) in [6.45, 7) is 13.2. The lowest BCUT2D eigenvalue weighted by Gasteiger charge is -2.38. The molecule has 18 nitrogen and oxygen atoms in total. The van der Waals surface area contributed by atoms with Crippen LogP contribution >= 0.6 is 0 Å². The molecule has 0 fully saturated rings. The number of carboxylic acids is 1. The Balaban J connectivity index is 0.000000269. The standard InChI is InChI=1S/C29H41N5O5.C24H29N5O3/c1-5-6-11-25(37)34(26(20(2)3)28(38)39-19-29(4,17-35)18-36)16-21-12-14-22(15-13-21)23-9-7-8-10-24(23)27-30-32-33-31-27;1-4-5-10-21(30)29(22(16(2)3)24(31)32)15-17-11-13-18(14-12-17)19-8-6-7-9-20(19)23-25-27-28-26-23/h7-10,12-15,20,26,28,35-36,38H,5-6,11,16-19H2,1-4H3,(H,30,31,32,33);6-9,11-14,16,22H,4-5,10,15H2,1-3H3,(H,31,32)(H,25,26,27,28)/t26-,28?;22-/m11/s1. The number of H-pyrrole nitrogens is 2. The van der Waals surface area contributed by atoms with Gasteiger partial charge in [-0.3, -0.25) is 9.59 Å². The van der Waals surface area contributed by atoms with E-state index >= 15 is 0 Å². The number of aromatic nitrogens is 8. The lowest BCUT2D eigenvalue weighted by atomic mass is 9.94. The zero-order chi connectivity index (χ0) is 51.5. The van der Waals surface area contributed by atoms with Crippen LogP contribution in [0.4, 0.5) is 0 Å².